The van der Waals surface area contributed by atoms with Crippen LogP contribution in [0.1, 0.15) is 35.5 Å². The molecule has 2 aromatic carbocycles. The standard InChI is InChI=1S/C24H24N4O2S/c1-15-8-7-11-19-21(15)25-14-28(24(19)30)13-12-20(29)26-16(2)22-17(3)27-23(31-22)18-9-5-4-6-10-18/h4-11,14,16H,12-13H2,1-3H3,(H,26,29). The highest BCUT2D eigenvalue weighted by Gasteiger charge is 2.17. The number of benzene rings is 2. The zero-order valence-corrected chi connectivity index (χ0v) is 18.6. The molecule has 1 N–H and O–H groups in total. The molecular formula is C24H24N4O2S. The predicted molar refractivity (Wildman–Crippen MR) is 124 cm³/mol. The Morgan fingerprint density at radius 3 is 2.68 bits per heavy atom. The van der Waals surface area contributed by atoms with Gasteiger partial charge in [0.2, 0.25) is 5.91 Å². The molecule has 1 atom stereocenters. The van der Waals surface area contributed by atoms with Crippen LogP contribution in [0, 0.1) is 13.8 Å². The number of para-hydroxylation sites is 1. The molecule has 1 amide bonds. The first kappa shape index (κ1) is 20.9. The lowest BCUT2D eigenvalue weighted by atomic mass is 10.1. The highest BCUT2D eigenvalue weighted by Crippen LogP contribution is 2.31. The van der Waals surface area contributed by atoms with E-state index in [1.165, 1.54) is 10.9 Å². The van der Waals surface area contributed by atoms with Gasteiger partial charge in [0.25, 0.3) is 5.56 Å². The summed E-state index contributed by atoms with van der Waals surface area (Å²) < 4.78 is 1.50. The Morgan fingerprint density at radius 2 is 1.90 bits per heavy atom. The summed E-state index contributed by atoms with van der Waals surface area (Å²) in [5.41, 5.74) is 3.53. The number of aryl methyl sites for hydroxylation is 3. The van der Waals surface area contributed by atoms with E-state index in [-0.39, 0.29) is 30.5 Å². The van der Waals surface area contributed by atoms with Gasteiger partial charge in [-0.2, -0.15) is 0 Å². The van der Waals surface area contributed by atoms with E-state index in [4.69, 9.17) is 0 Å². The van der Waals surface area contributed by atoms with Crippen molar-refractivity contribution in [3.8, 4) is 10.6 Å². The van der Waals surface area contributed by atoms with Crippen molar-refractivity contribution in [3.63, 3.8) is 0 Å². The highest BCUT2D eigenvalue weighted by molar-refractivity contribution is 7.15. The van der Waals surface area contributed by atoms with Crippen molar-refractivity contribution in [2.24, 2.45) is 0 Å². The summed E-state index contributed by atoms with van der Waals surface area (Å²) in [6.45, 7) is 6.13. The van der Waals surface area contributed by atoms with Gasteiger partial charge in [-0.1, -0.05) is 42.5 Å². The fourth-order valence-corrected chi connectivity index (χ4v) is 4.69. The third-order valence-electron chi connectivity index (χ3n) is 5.26. The number of hydrogen-bond donors (Lipinski definition) is 1. The van der Waals surface area contributed by atoms with E-state index in [1.807, 2.05) is 63.2 Å². The average molecular weight is 433 g/mol. The topological polar surface area (TPSA) is 76.9 Å². The van der Waals surface area contributed by atoms with Gasteiger partial charge in [0.1, 0.15) is 5.01 Å². The lowest BCUT2D eigenvalue weighted by molar-refractivity contribution is -0.121. The number of nitrogens with zero attached hydrogens (tertiary/aromatic N) is 3. The van der Waals surface area contributed by atoms with E-state index in [9.17, 15) is 9.59 Å². The van der Waals surface area contributed by atoms with E-state index in [2.05, 4.69) is 15.3 Å². The third-order valence-corrected chi connectivity index (χ3v) is 6.65. The molecule has 0 radical (unpaired) electrons. The maximum absolute atomic E-state index is 12.7. The molecule has 0 aliphatic carbocycles. The van der Waals surface area contributed by atoms with Crippen molar-refractivity contribution < 1.29 is 4.79 Å². The molecule has 0 saturated carbocycles. The number of hydrogen-bond acceptors (Lipinski definition) is 5. The summed E-state index contributed by atoms with van der Waals surface area (Å²) in [6, 6.07) is 15.4. The third kappa shape index (κ3) is 4.41. The van der Waals surface area contributed by atoms with Gasteiger partial charge in [0.05, 0.1) is 33.8 Å². The summed E-state index contributed by atoms with van der Waals surface area (Å²) in [7, 11) is 0. The summed E-state index contributed by atoms with van der Waals surface area (Å²) in [6.07, 6.45) is 1.72. The van der Waals surface area contributed by atoms with Crippen LogP contribution in [0.25, 0.3) is 21.5 Å². The van der Waals surface area contributed by atoms with Crippen molar-refractivity contribution in [3.05, 3.63) is 81.3 Å². The Hall–Kier alpha value is -3.32. The highest BCUT2D eigenvalue weighted by atomic mass is 32.1. The number of nitrogens with one attached hydrogen (secondary N) is 1. The second-order valence-electron chi connectivity index (χ2n) is 7.59. The van der Waals surface area contributed by atoms with Crippen LogP contribution in [0.15, 0.2) is 59.7 Å². The summed E-state index contributed by atoms with van der Waals surface area (Å²) in [4.78, 5) is 35.4. The van der Waals surface area contributed by atoms with Gasteiger partial charge in [-0.25, -0.2) is 9.97 Å². The van der Waals surface area contributed by atoms with Crippen LogP contribution in [0.2, 0.25) is 0 Å². The molecule has 0 saturated heterocycles. The molecule has 158 valence electrons. The van der Waals surface area contributed by atoms with Gasteiger partial charge in [0.15, 0.2) is 0 Å². The van der Waals surface area contributed by atoms with Crippen LogP contribution in [-0.4, -0.2) is 20.4 Å². The largest absolute Gasteiger partial charge is 0.349 e. The summed E-state index contributed by atoms with van der Waals surface area (Å²) in [5, 5.41) is 4.55. The first-order chi connectivity index (χ1) is 14.9. The van der Waals surface area contributed by atoms with Gasteiger partial charge in [-0.05, 0) is 32.4 Å². The van der Waals surface area contributed by atoms with Gasteiger partial charge in [-0.3, -0.25) is 14.2 Å². The zero-order chi connectivity index (χ0) is 22.0. The van der Waals surface area contributed by atoms with Crippen molar-refractivity contribution >= 4 is 28.1 Å². The normalized spacial score (nSPS) is 12.1. The van der Waals surface area contributed by atoms with Crippen molar-refractivity contribution in [2.75, 3.05) is 0 Å². The Balaban J connectivity index is 1.43. The van der Waals surface area contributed by atoms with E-state index in [0.29, 0.717) is 10.9 Å². The maximum atomic E-state index is 12.7. The molecule has 6 nitrogen and oxygen atoms in total. The van der Waals surface area contributed by atoms with Gasteiger partial charge >= 0.3 is 0 Å². The second kappa shape index (κ2) is 8.81. The molecule has 0 spiro atoms. The van der Waals surface area contributed by atoms with Crippen LogP contribution in [0.4, 0.5) is 0 Å². The molecule has 1 unspecified atom stereocenters. The van der Waals surface area contributed by atoms with E-state index >= 15 is 0 Å². The minimum atomic E-state index is -0.156. The van der Waals surface area contributed by atoms with E-state index in [0.717, 1.165) is 26.7 Å². The Bertz CT molecular complexity index is 1290. The molecule has 4 aromatic rings. The molecular weight excluding hydrogens is 408 g/mol. The number of carbonyl (C=O) groups excluding carboxylic acids is 1. The zero-order valence-electron chi connectivity index (χ0n) is 17.8. The number of amides is 1. The fraction of sp³-hybridized carbons (Fsp3) is 0.250. The Kier molecular flexibility index (Phi) is 5.95. The van der Waals surface area contributed by atoms with Crippen LogP contribution >= 0.6 is 11.3 Å². The SMILES string of the molecule is Cc1nc(-c2ccccc2)sc1C(C)NC(=O)CCn1cnc2c(C)cccc2c1=O. The monoisotopic (exact) mass is 432 g/mol. The first-order valence-corrected chi connectivity index (χ1v) is 11.0. The summed E-state index contributed by atoms with van der Waals surface area (Å²) >= 11 is 1.59. The molecule has 31 heavy (non-hydrogen) atoms. The van der Waals surface area contributed by atoms with Crippen molar-refractivity contribution in [1.82, 2.24) is 19.9 Å². The molecule has 0 aliphatic heterocycles. The van der Waals surface area contributed by atoms with Crippen LogP contribution in [0.3, 0.4) is 0 Å². The van der Waals surface area contributed by atoms with Gasteiger partial charge in [-0.15, -0.1) is 11.3 Å². The number of thiazole rings is 1. The smallest absolute Gasteiger partial charge is 0.261 e. The predicted octanol–water partition coefficient (Wildman–Crippen LogP) is 4.40. The number of rotatable bonds is 6. The van der Waals surface area contributed by atoms with Crippen LogP contribution in [0.5, 0.6) is 0 Å². The molecule has 2 aromatic heterocycles. The Morgan fingerprint density at radius 1 is 1.13 bits per heavy atom. The fourth-order valence-electron chi connectivity index (χ4n) is 3.61. The summed E-state index contributed by atoms with van der Waals surface area (Å²) in [5.74, 6) is -0.113. The average Bonchev–Trinajstić information content (AvgIpc) is 3.16. The second-order valence-corrected chi connectivity index (χ2v) is 8.62. The molecule has 7 heteroatoms. The first-order valence-electron chi connectivity index (χ1n) is 10.2. The molecule has 2 heterocycles. The number of fused-ring (bicyclic) bond motifs is 1. The minimum Gasteiger partial charge on any atom is -0.349 e. The lowest BCUT2D eigenvalue weighted by Gasteiger charge is -2.13. The Labute approximate surface area is 184 Å². The maximum Gasteiger partial charge on any atom is 0.261 e. The van der Waals surface area contributed by atoms with Gasteiger partial charge in [0, 0.05) is 18.5 Å². The number of aromatic nitrogens is 3. The van der Waals surface area contributed by atoms with E-state index in [1.54, 1.807) is 17.4 Å². The van der Waals surface area contributed by atoms with Crippen LogP contribution < -0.4 is 10.9 Å². The minimum absolute atomic E-state index is 0.113. The molecule has 4 rings (SSSR count). The quantitative estimate of drug-likeness (QED) is 0.490. The van der Waals surface area contributed by atoms with Crippen LogP contribution in [-0.2, 0) is 11.3 Å². The molecule has 0 aliphatic rings. The molecule has 0 fully saturated rings. The number of carbonyl (C=O) groups is 1. The van der Waals surface area contributed by atoms with Gasteiger partial charge < -0.3 is 5.32 Å². The lowest BCUT2D eigenvalue weighted by Crippen LogP contribution is -2.29. The van der Waals surface area contributed by atoms with Crippen molar-refractivity contribution in [2.45, 2.75) is 39.8 Å². The van der Waals surface area contributed by atoms with Crippen molar-refractivity contribution in [1.29, 1.82) is 0 Å². The molecule has 0 bridgehead atoms. The van der Waals surface area contributed by atoms with E-state index < -0.39 is 0 Å².